The molecule has 0 aromatic heterocycles. The molecule has 3 atom stereocenters. The summed E-state index contributed by atoms with van der Waals surface area (Å²) in [4.78, 5) is 12.6. The zero-order chi connectivity index (χ0) is 22.5. The summed E-state index contributed by atoms with van der Waals surface area (Å²) in [5.41, 5.74) is -1.03. The van der Waals surface area contributed by atoms with Crippen LogP contribution < -0.4 is 0 Å². The Labute approximate surface area is 168 Å². The number of esters is 1. The molecule has 2 aliphatic carbocycles. The van der Waals surface area contributed by atoms with Gasteiger partial charge in [-0.25, -0.2) is 0 Å². The Morgan fingerprint density at radius 3 is 2.03 bits per heavy atom. The van der Waals surface area contributed by atoms with E-state index in [9.17, 15) is 31.1 Å². The predicted molar refractivity (Wildman–Crippen MR) is 97.7 cm³/mol. The van der Waals surface area contributed by atoms with Crippen molar-refractivity contribution < 1.29 is 40.3 Å². The van der Waals surface area contributed by atoms with E-state index >= 15 is 0 Å². The van der Waals surface area contributed by atoms with Crippen molar-refractivity contribution >= 4 is 14.3 Å². The first-order chi connectivity index (χ1) is 12.9. The van der Waals surface area contributed by atoms with Crippen LogP contribution in [0.2, 0.25) is 18.1 Å². The van der Waals surface area contributed by atoms with E-state index in [1.54, 1.807) is 0 Å². The Hall–Kier alpha value is -0.773. The summed E-state index contributed by atoms with van der Waals surface area (Å²) in [7, 11) is -2.43. The summed E-state index contributed by atoms with van der Waals surface area (Å²) in [5.74, 6) is -2.61. The molecule has 0 spiro atoms. The van der Waals surface area contributed by atoms with Crippen molar-refractivity contribution in [2.45, 2.75) is 101 Å². The summed E-state index contributed by atoms with van der Waals surface area (Å²) in [6.07, 6.45) is -11.6. The van der Waals surface area contributed by atoms with Crippen LogP contribution in [0.3, 0.4) is 0 Å². The molecule has 2 aliphatic rings. The van der Waals surface area contributed by atoms with Crippen molar-refractivity contribution in [2.24, 2.45) is 11.8 Å². The third kappa shape index (κ3) is 4.94. The van der Waals surface area contributed by atoms with Gasteiger partial charge in [-0.2, -0.15) is 26.3 Å². The molecule has 0 saturated heterocycles. The van der Waals surface area contributed by atoms with Gasteiger partial charge in [0, 0.05) is 0 Å². The van der Waals surface area contributed by atoms with Gasteiger partial charge in [0.05, 0.1) is 11.5 Å². The maximum absolute atomic E-state index is 12.9. The topological polar surface area (TPSA) is 35.5 Å². The summed E-state index contributed by atoms with van der Waals surface area (Å²) < 4.78 is 87.8. The molecule has 2 saturated carbocycles. The zero-order valence-corrected chi connectivity index (χ0v) is 18.5. The molecule has 0 aromatic carbocycles. The highest BCUT2D eigenvalue weighted by Crippen LogP contribution is 2.57. The average molecular weight is 449 g/mol. The van der Waals surface area contributed by atoms with Gasteiger partial charge in [-0.05, 0) is 43.3 Å². The van der Waals surface area contributed by atoms with Gasteiger partial charge in [0.1, 0.15) is 0 Å². The molecule has 0 bridgehead atoms. The second-order valence-corrected chi connectivity index (χ2v) is 14.5. The molecule has 0 N–H and O–H groups in total. The van der Waals surface area contributed by atoms with E-state index in [0.29, 0.717) is 6.42 Å². The minimum absolute atomic E-state index is 0.0492. The minimum atomic E-state index is -5.71. The maximum atomic E-state index is 12.9. The molecular formula is C19H30F6O3Si. The molecule has 0 heterocycles. The highest BCUT2D eigenvalue weighted by atomic mass is 28.4. The number of halogens is 6. The number of hydrogen-bond donors (Lipinski definition) is 0. The lowest BCUT2D eigenvalue weighted by Crippen LogP contribution is -2.65. The van der Waals surface area contributed by atoms with Crippen LogP contribution in [0.15, 0.2) is 0 Å². The van der Waals surface area contributed by atoms with E-state index in [2.05, 4.69) is 4.74 Å². The van der Waals surface area contributed by atoms with Gasteiger partial charge in [-0.1, -0.05) is 40.0 Å². The van der Waals surface area contributed by atoms with E-state index in [1.165, 1.54) is 0 Å². The van der Waals surface area contributed by atoms with Crippen molar-refractivity contribution in [3.63, 3.8) is 0 Å². The molecule has 0 aliphatic heterocycles. The SMILES string of the molecule is CC(C)(C)[Si](C)(C)O[C@]12CCCCC[C@H]1C[C@@H]2C(=O)OC(C(F)(F)F)C(F)(F)F. The highest BCUT2D eigenvalue weighted by Gasteiger charge is 2.65. The molecule has 10 heteroatoms. The lowest BCUT2D eigenvalue weighted by Gasteiger charge is -2.58. The fraction of sp³-hybridized carbons (Fsp3) is 0.947. The van der Waals surface area contributed by atoms with Crippen LogP contribution in [0.5, 0.6) is 0 Å². The number of carbonyl (C=O) groups excluding carboxylic acids is 1. The van der Waals surface area contributed by atoms with E-state index in [4.69, 9.17) is 4.43 Å². The Kier molecular flexibility index (Phi) is 6.53. The highest BCUT2D eigenvalue weighted by molar-refractivity contribution is 6.74. The number of alkyl halides is 6. The van der Waals surface area contributed by atoms with Gasteiger partial charge in [-0.15, -0.1) is 0 Å². The van der Waals surface area contributed by atoms with Crippen molar-refractivity contribution in [3.05, 3.63) is 0 Å². The Morgan fingerprint density at radius 1 is 1.00 bits per heavy atom. The first kappa shape index (κ1) is 24.5. The second kappa shape index (κ2) is 7.73. The smallest absolute Gasteiger partial charge is 0.434 e. The third-order valence-electron chi connectivity index (χ3n) is 6.79. The van der Waals surface area contributed by atoms with Crippen LogP contribution in [0.1, 0.15) is 59.3 Å². The van der Waals surface area contributed by atoms with Gasteiger partial charge in [0.2, 0.25) is 0 Å². The summed E-state index contributed by atoms with van der Waals surface area (Å²) in [5, 5.41) is -0.219. The van der Waals surface area contributed by atoms with Crippen molar-refractivity contribution in [2.75, 3.05) is 0 Å². The van der Waals surface area contributed by atoms with Gasteiger partial charge < -0.3 is 9.16 Å². The molecule has 0 unspecified atom stereocenters. The lowest BCUT2D eigenvalue weighted by atomic mass is 9.58. The molecule has 0 radical (unpaired) electrons. The lowest BCUT2D eigenvalue weighted by molar-refractivity contribution is -0.317. The van der Waals surface area contributed by atoms with Crippen LogP contribution >= 0.6 is 0 Å². The van der Waals surface area contributed by atoms with Crippen molar-refractivity contribution in [3.8, 4) is 0 Å². The van der Waals surface area contributed by atoms with Gasteiger partial charge in [0.15, 0.2) is 8.32 Å². The Bertz CT molecular complexity index is 597. The monoisotopic (exact) mass is 448 g/mol. The van der Waals surface area contributed by atoms with Crippen molar-refractivity contribution in [1.29, 1.82) is 0 Å². The van der Waals surface area contributed by atoms with Gasteiger partial charge in [-0.3, -0.25) is 4.79 Å². The van der Waals surface area contributed by atoms with Crippen LogP contribution in [0.25, 0.3) is 0 Å². The van der Waals surface area contributed by atoms with Gasteiger partial charge in [0.25, 0.3) is 6.10 Å². The van der Waals surface area contributed by atoms with Crippen LogP contribution in [0, 0.1) is 11.8 Å². The molecule has 0 amide bonds. The van der Waals surface area contributed by atoms with Gasteiger partial charge >= 0.3 is 18.3 Å². The molecule has 3 nitrogen and oxygen atoms in total. The fourth-order valence-corrected chi connectivity index (χ4v) is 5.83. The van der Waals surface area contributed by atoms with Crippen LogP contribution in [-0.4, -0.2) is 38.3 Å². The first-order valence-corrected chi connectivity index (χ1v) is 12.9. The largest absolute Gasteiger partial charge is 0.442 e. The summed E-state index contributed by atoms with van der Waals surface area (Å²) >= 11 is 0. The third-order valence-corrected chi connectivity index (χ3v) is 11.3. The van der Waals surface area contributed by atoms with Crippen molar-refractivity contribution in [1.82, 2.24) is 0 Å². The van der Waals surface area contributed by atoms with E-state index in [1.807, 2.05) is 33.9 Å². The molecule has 2 rings (SSSR count). The second-order valence-electron chi connectivity index (χ2n) is 9.80. The number of ether oxygens (including phenoxy) is 1. The van der Waals surface area contributed by atoms with Crippen LogP contribution in [0.4, 0.5) is 26.3 Å². The molecule has 0 aromatic rings. The number of rotatable bonds is 4. The quantitative estimate of drug-likeness (QED) is 0.284. The van der Waals surface area contributed by atoms with E-state index in [0.717, 1.165) is 25.7 Å². The molecular weight excluding hydrogens is 418 g/mol. The number of carbonyl (C=O) groups is 1. The zero-order valence-electron chi connectivity index (χ0n) is 17.5. The minimum Gasteiger partial charge on any atom is -0.442 e. The van der Waals surface area contributed by atoms with Crippen LogP contribution in [-0.2, 0) is 14.0 Å². The Morgan fingerprint density at radius 2 is 1.55 bits per heavy atom. The summed E-state index contributed by atoms with van der Waals surface area (Å²) in [6, 6.07) is 0. The standard InChI is InChI=1S/C19H30F6O3Si/c1-16(2,3)29(4,5)28-17-10-8-6-7-9-12(17)11-13(17)14(26)27-15(18(20,21)22)19(23,24)25/h12-13,15H,6-11H2,1-5H3/t12-,13+,17+/m0/s1. The number of hydrogen-bond acceptors (Lipinski definition) is 3. The van der Waals surface area contributed by atoms with E-state index < -0.39 is 44.3 Å². The normalized spacial score (nSPS) is 29.1. The van der Waals surface area contributed by atoms with E-state index in [-0.39, 0.29) is 17.4 Å². The molecule has 29 heavy (non-hydrogen) atoms. The maximum Gasteiger partial charge on any atom is 0.434 e. The first-order valence-electron chi connectivity index (χ1n) is 9.96. The summed E-state index contributed by atoms with van der Waals surface area (Å²) in [6.45, 7) is 9.93. The molecule has 2 fully saturated rings. The molecule has 170 valence electrons. The Balaban J connectivity index is 2.32. The fourth-order valence-electron chi connectivity index (χ4n) is 4.16. The number of fused-ring (bicyclic) bond motifs is 1. The predicted octanol–water partition coefficient (Wildman–Crippen LogP) is 6.38. The average Bonchev–Trinajstić information content (AvgIpc) is 2.63.